The van der Waals surface area contributed by atoms with Gasteiger partial charge in [0.05, 0.1) is 11.4 Å². The molecule has 2 aromatic rings. The van der Waals surface area contributed by atoms with E-state index in [-0.39, 0.29) is 36.2 Å². The zero-order valence-corrected chi connectivity index (χ0v) is 21.3. The third-order valence-electron chi connectivity index (χ3n) is 6.72. The number of ketones is 1. The third-order valence-corrected chi connectivity index (χ3v) is 9.25. The van der Waals surface area contributed by atoms with E-state index in [2.05, 4.69) is 10.3 Å². The Balaban J connectivity index is 1.51. The first-order chi connectivity index (χ1) is 16.8. The van der Waals surface area contributed by atoms with Gasteiger partial charge >= 0.3 is 0 Å². The quantitative estimate of drug-likeness (QED) is 0.537. The second-order valence-electron chi connectivity index (χ2n) is 9.09. The summed E-state index contributed by atoms with van der Waals surface area (Å²) in [5, 5.41) is 5.06. The topological polar surface area (TPSA) is 117 Å². The Kier molecular flexibility index (Phi) is 7.98. The van der Waals surface area contributed by atoms with Crippen LogP contribution >= 0.6 is 11.3 Å². The van der Waals surface area contributed by atoms with Crippen LogP contribution in [0.2, 0.25) is 0 Å². The van der Waals surface area contributed by atoms with Gasteiger partial charge in [-0.1, -0.05) is 44.2 Å². The number of benzene rings is 1. The summed E-state index contributed by atoms with van der Waals surface area (Å²) < 4.78 is 27.5. The lowest BCUT2D eigenvalue weighted by molar-refractivity contribution is -0.142. The van der Waals surface area contributed by atoms with Gasteiger partial charge in [-0.3, -0.25) is 14.4 Å². The van der Waals surface area contributed by atoms with Crippen LogP contribution in [0.1, 0.15) is 55.8 Å². The minimum Gasteiger partial charge on any atom is -0.328 e. The molecule has 0 unspecified atom stereocenters. The predicted molar refractivity (Wildman–Crippen MR) is 133 cm³/mol. The Bertz CT molecular complexity index is 1180. The van der Waals surface area contributed by atoms with E-state index < -0.39 is 22.0 Å². The maximum atomic E-state index is 13.2. The van der Waals surface area contributed by atoms with Crippen molar-refractivity contribution in [3.63, 3.8) is 0 Å². The normalized spacial score (nSPS) is 18.9. The SMILES string of the molecule is CC(=O)c1cccc(S(=O)(=O)N2CCN([C@@H](CC3CCCCC3)C(=O)Nc3nccs3)C(=O)C2)c1. The molecule has 2 heterocycles. The molecule has 1 saturated carbocycles. The van der Waals surface area contributed by atoms with E-state index in [1.807, 2.05) is 0 Å². The molecule has 9 nitrogen and oxygen atoms in total. The molecule has 1 atom stereocenters. The number of nitrogens with zero attached hydrogens (tertiary/aromatic N) is 3. The highest BCUT2D eigenvalue weighted by Gasteiger charge is 2.39. The van der Waals surface area contributed by atoms with Crippen molar-refractivity contribution < 1.29 is 22.8 Å². The van der Waals surface area contributed by atoms with Crippen LogP contribution < -0.4 is 5.32 Å². The number of hydrogen-bond donors (Lipinski definition) is 1. The van der Waals surface area contributed by atoms with E-state index >= 15 is 0 Å². The molecule has 0 radical (unpaired) electrons. The van der Waals surface area contributed by atoms with Crippen molar-refractivity contribution >= 4 is 44.1 Å². The van der Waals surface area contributed by atoms with Crippen LogP contribution in [0.15, 0.2) is 40.7 Å². The van der Waals surface area contributed by atoms with Gasteiger partial charge in [-0.25, -0.2) is 13.4 Å². The number of hydrogen-bond acceptors (Lipinski definition) is 7. The van der Waals surface area contributed by atoms with Gasteiger partial charge in [-0.15, -0.1) is 11.3 Å². The smallest absolute Gasteiger partial charge is 0.248 e. The van der Waals surface area contributed by atoms with Gasteiger partial charge < -0.3 is 10.2 Å². The standard InChI is InChI=1S/C24H30N4O5S2/c1-17(29)19-8-5-9-20(15-19)35(32,33)27-11-12-28(22(30)16-27)21(14-18-6-3-2-4-7-18)23(31)26-24-25-10-13-34-24/h5,8-10,13,15,18,21H,2-4,6-7,11-12,14,16H2,1H3,(H,25,26,31)/t21-/m0/s1. The largest absolute Gasteiger partial charge is 0.328 e. The van der Waals surface area contributed by atoms with Crippen LogP contribution in [0.3, 0.4) is 0 Å². The predicted octanol–water partition coefficient (Wildman–Crippen LogP) is 3.16. The van der Waals surface area contributed by atoms with Crippen molar-refractivity contribution in [2.24, 2.45) is 5.92 Å². The minimum absolute atomic E-state index is 0.0216. The molecule has 0 bridgehead atoms. The fourth-order valence-electron chi connectivity index (χ4n) is 4.81. The molecular formula is C24H30N4O5S2. The van der Waals surface area contributed by atoms with Crippen LogP contribution in [0, 0.1) is 5.92 Å². The molecule has 0 spiro atoms. The molecule has 1 aliphatic heterocycles. The highest BCUT2D eigenvalue weighted by Crippen LogP contribution is 2.30. The summed E-state index contributed by atoms with van der Waals surface area (Å²) >= 11 is 1.31. The summed E-state index contributed by atoms with van der Waals surface area (Å²) in [4.78, 5) is 43.8. The number of carbonyl (C=O) groups excluding carboxylic acids is 3. The molecule has 1 saturated heterocycles. The lowest BCUT2D eigenvalue weighted by Crippen LogP contribution is -2.58. The molecule has 188 valence electrons. The second-order valence-corrected chi connectivity index (χ2v) is 11.9. The number of thiazole rings is 1. The Labute approximate surface area is 209 Å². The summed E-state index contributed by atoms with van der Waals surface area (Å²) in [6.45, 7) is 1.22. The fraction of sp³-hybridized carbons (Fsp3) is 0.500. The molecule has 1 aromatic heterocycles. The van der Waals surface area contributed by atoms with Crippen molar-refractivity contribution in [3.05, 3.63) is 41.4 Å². The lowest BCUT2D eigenvalue weighted by Gasteiger charge is -2.39. The average Bonchev–Trinajstić information content (AvgIpc) is 3.36. The molecule has 35 heavy (non-hydrogen) atoms. The molecule has 2 fully saturated rings. The Morgan fingerprint density at radius 3 is 2.63 bits per heavy atom. The summed E-state index contributed by atoms with van der Waals surface area (Å²) in [7, 11) is -3.96. The summed E-state index contributed by atoms with van der Waals surface area (Å²) in [5.41, 5.74) is 0.294. The van der Waals surface area contributed by atoms with Gasteiger partial charge in [-0.2, -0.15) is 4.31 Å². The maximum Gasteiger partial charge on any atom is 0.248 e. The molecular weight excluding hydrogens is 488 g/mol. The van der Waals surface area contributed by atoms with Crippen molar-refractivity contribution in [2.75, 3.05) is 25.0 Å². The van der Waals surface area contributed by atoms with Crippen LogP contribution in [-0.4, -0.2) is 65.9 Å². The summed E-state index contributed by atoms with van der Waals surface area (Å²) in [6, 6.07) is 5.15. The van der Waals surface area contributed by atoms with Crippen molar-refractivity contribution in [1.82, 2.24) is 14.2 Å². The van der Waals surface area contributed by atoms with E-state index in [0.717, 1.165) is 30.0 Å². The molecule has 4 rings (SSSR count). The highest BCUT2D eigenvalue weighted by molar-refractivity contribution is 7.89. The molecule has 1 N–H and O–H groups in total. The molecule has 2 aliphatic rings. The zero-order valence-electron chi connectivity index (χ0n) is 19.7. The Morgan fingerprint density at radius 2 is 1.97 bits per heavy atom. The van der Waals surface area contributed by atoms with Crippen molar-refractivity contribution in [1.29, 1.82) is 0 Å². The van der Waals surface area contributed by atoms with Crippen LogP contribution in [0.25, 0.3) is 0 Å². The maximum absolute atomic E-state index is 13.2. The van der Waals surface area contributed by atoms with Crippen LogP contribution in [0.5, 0.6) is 0 Å². The van der Waals surface area contributed by atoms with Crippen molar-refractivity contribution in [3.8, 4) is 0 Å². The number of anilines is 1. The van der Waals surface area contributed by atoms with Crippen LogP contribution in [-0.2, 0) is 19.6 Å². The number of Topliss-reactive ketones (excluding diaryl/α,β-unsaturated/α-hetero) is 1. The van der Waals surface area contributed by atoms with Gasteiger partial charge in [0.15, 0.2) is 10.9 Å². The lowest BCUT2D eigenvalue weighted by atomic mass is 9.84. The Morgan fingerprint density at radius 1 is 1.20 bits per heavy atom. The number of nitrogens with one attached hydrogen (secondary N) is 1. The van der Waals surface area contributed by atoms with E-state index in [0.29, 0.717) is 23.0 Å². The first-order valence-corrected chi connectivity index (χ1v) is 14.2. The number of aromatic nitrogens is 1. The van der Waals surface area contributed by atoms with Crippen molar-refractivity contribution in [2.45, 2.75) is 56.4 Å². The van der Waals surface area contributed by atoms with Gasteiger partial charge in [-0.05, 0) is 31.4 Å². The number of amides is 2. The molecule has 11 heteroatoms. The van der Waals surface area contributed by atoms with E-state index in [4.69, 9.17) is 0 Å². The first kappa shape index (κ1) is 25.5. The first-order valence-electron chi connectivity index (χ1n) is 11.9. The number of carbonyl (C=O) groups is 3. The van der Waals surface area contributed by atoms with Gasteiger partial charge in [0.2, 0.25) is 21.8 Å². The third kappa shape index (κ3) is 5.96. The Hall–Kier alpha value is -2.63. The van der Waals surface area contributed by atoms with E-state index in [9.17, 15) is 22.8 Å². The summed E-state index contributed by atoms with van der Waals surface area (Å²) in [6.07, 6.45) is 7.62. The van der Waals surface area contributed by atoms with Crippen LogP contribution in [0.4, 0.5) is 5.13 Å². The van der Waals surface area contributed by atoms with E-state index in [1.165, 1.54) is 47.8 Å². The fourth-order valence-corrected chi connectivity index (χ4v) is 6.77. The van der Waals surface area contributed by atoms with Gasteiger partial charge in [0.1, 0.15) is 6.04 Å². The minimum atomic E-state index is -3.96. The molecule has 1 aromatic carbocycles. The van der Waals surface area contributed by atoms with Gasteiger partial charge in [0.25, 0.3) is 0 Å². The zero-order chi connectivity index (χ0) is 25.0. The summed E-state index contributed by atoms with van der Waals surface area (Å²) in [5.74, 6) is -0.582. The highest BCUT2D eigenvalue weighted by atomic mass is 32.2. The number of rotatable bonds is 8. The molecule has 1 aliphatic carbocycles. The van der Waals surface area contributed by atoms with Gasteiger partial charge in [0, 0.05) is 30.2 Å². The molecule has 2 amide bonds. The monoisotopic (exact) mass is 518 g/mol. The number of sulfonamides is 1. The average molecular weight is 519 g/mol. The van der Waals surface area contributed by atoms with E-state index in [1.54, 1.807) is 17.6 Å². The number of piperazine rings is 1. The second kappa shape index (κ2) is 11.0.